The molecular formula is C21H31N3O2S. The Hall–Kier alpha value is -1.69. The van der Waals surface area contributed by atoms with Gasteiger partial charge in [0.2, 0.25) is 5.91 Å². The minimum Gasteiger partial charge on any atom is -0.497 e. The maximum absolute atomic E-state index is 12.5. The molecule has 2 fully saturated rings. The van der Waals surface area contributed by atoms with E-state index in [4.69, 9.17) is 9.73 Å². The minimum atomic E-state index is 0.0418. The molecule has 1 N–H and O–H groups in total. The van der Waals surface area contributed by atoms with E-state index in [0.29, 0.717) is 17.7 Å². The molecule has 1 aliphatic carbocycles. The quantitative estimate of drug-likeness (QED) is 0.751. The highest BCUT2D eigenvalue weighted by Crippen LogP contribution is 2.33. The number of rotatable bonds is 5. The summed E-state index contributed by atoms with van der Waals surface area (Å²) in [5, 5.41) is 4.47. The van der Waals surface area contributed by atoms with Crippen LogP contribution in [0.4, 0.5) is 5.69 Å². The number of benzene rings is 1. The van der Waals surface area contributed by atoms with Crippen LogP contribution in [0.3, 0.4) is 0 Å². The maximum Gasteiger partial charge on any atom is 0.226 e. The molecule has 1 aromatic rings. The van der Waals surface area contributed by atoms with Crippen molar-refractivity contribution in [3.63, 3.8) is 0 Å². The lowest BCUT2D eigenvalue weighted by Crippen LogP contribution is -2.36. The molecule has 3 rings (SSSR count). The van der Waals surface area contributed by atoms with E-state index in [1.165, 1.54) is 38.5 Å². The number of nitrogens with zero attached hydrogens (tertiary/aromatic N) is 2. The third-order valence-electron chi connectivity index (χ3n) is 5.52. The topological polar surface area (TPSA) is 53.9 Å². The first-order chi connectivity index (χ1) is 13.1. The third-order valence-corrected chi connectivity index (χ3v) is 6.81. The molecule has 1 aromatic carbocycles. The van der Waals surface area contributed by atoms with Gasteiger partial charge in [-0.05, 0) is 37.1 Å². The Balaban J connectivity index is 1.58. The molecule has 2 unspecified atom stereocenters. The molecule has 1 saturated heterocycles. The molecule has 6 heteroatoms. The maximum atomic E-state index is 12.5. The van der Waals surface area contributed by atoms with Crippen molar-refractivity contribution in [1.82, 2.24) is 4.90 Å². The molecule has 1 saturated carbocycles. The number of nitrogens with one attached hydrogen (secondary N) is 1. The van der Waals surface area contributed by atoms with Gasteiger partial charge in [0.1, 0.15) is 5.75 Å². The van der Waals surface area contributed by atoms with Crippen molar-refractivity contribution >= 4 is 28.5 Å². The second kappa shape index (κ2) is 9.49. The largest absolute Gasteiger partial charge is 0.497 e. The standard InChI is InChI=1S/C21H31N3O2S/c1-15-19(14-20(25)22-17-10-12-18(26-3)13-11-17)24(2)21(27-15)23-16-8-6-4-5-7-9-16/h10-13,15-16,19H,4-9,14H2,1-3H3,(H,22,25). The molecule has 27 heavy (non-hydrogen) atoms. The van der Waals surface area contributed by atoms with Crippen molar-refractivity contribution < 1.29 is 9.53 Å². The highest BCUT2D eigenvalue weighted by molar-refractivity contribution is 8.14. The highest BCUT2D eigenvalue weighted by atomic mass is 32.2. The predicted octanol–water partition coefficient (Wildman–Crippen LogP) is 4.54. The Morgan fingerprint density at radius 1 is 1.22 bits per heavy atom. The van der Waals surface area contributed by atoms with E-state index in [0.717, 1.165) is 16.6 Å². The van der Waals surface area contributed by atoms with Gasteiger partial charge in [0.05, 0.1) is 19.2 Å². The van der Waals surface area contributed by atoms with E-state index in [1.54, 1.807) is 7.11 Å². The zero-order valence-electron chi connectivity index (χ0n) is 16.6. The lowest BCUT2D eigenvalue weighted by molar-refractivity contribution is -0.117. The van der Waals surface area contributed by atoms with Gasteiger partial charge in [-0.3, -0.25) is 9.79 Å². The summed E-state index contributed by atoms with van der Waals surface area (Å²) in [6.45, 7) is 2.20. The van der Waals surface area contributed by atoms with Crippen LogP contribution in [-0.2, 0) is 4.79 Å². The molecule has 1 heterocycles. The van der Waals surface area contributed by atoms with Crippen molar-refractivity contribution in [2.75, 3.05) is 19.5 Å². The fraction of sp³-hybridized carbons (Fsp3) is 0.619. The van der Waals surface area contributed by atoms with Gasteiger partial charge in [-0.15, -0.1) is 0 Å². The van der Waals surface area contributed by atoms with Crippen LogP contribution in [0.5, 0.6) is 5.75 Å². The van der Waals surface area contributed by atoms with Crippen LogP contribution in [0.1, 0.15) is 51.9 Å². The number of anilines is 1. The second-order valence-electron chi connectivity index (χ2n) is 7.54. The lowest BCUT2D eigenvalue weighted by atomic mass is 10.1. The van der Waals surface area contributed by atoms with Gasteiger partial charge in [0.25, 0.3) is 0 Å². The summed E-state index contributed by atoms with van der Waals surface area (Å²) in [7, 11) is 3.72. The molecule has 0 bridgehead atoms. The van der Waals surface area contributed by atoms with Crippen molar-refractivity contribution in [3.8, 4) is 5.75 Å². The number of ether oxygens (including phenoxy) is 1. The number of carbonyl (C=O) groups excluding carboxylic acids is 1. The van der Waals surface area contributed by atoms with Crippen LogP contribution in [0, 0.1) is 0 Å². The van der Waals surface area contributed by atoms with Crippen molar-refractivity contribution in [1.29, 1.82) is 0 Å². The fourth-order valence-electron chi connectivity index (χ4n) is 3.83. The van der Waals surface area contributed by atoms with E-state index < -0.39 is 0 Å². The van der Waals surface area contributed by atoms with Gasteiger partial charge in [0.15, 0.2) is 5.17 Å². The molecule has 5 nitrogen and oxygen atoms in total. The van der Waals surface area contributed by atoms with Crippen molar-refractivity contribution in [3.05, 3.63) is 24.3 Å². The van der Waals surface area contributed by atoms with Crippen LogP contribution >= 0.6 is 11.8 Å². The number of hydrogen-bond acceptors (Lipinski definition) is 4. The zero-order valence-corrected chi connectivity index (χ0v) is 17.4. The van der Waals surface area contributed by atoms with Crippen LogP contribution < -0.4 is 10.1 Å². The van der Waals surface area contributed by atoms with Gasteiger partial charge in [0, 0.05) is 24.4 Å². The van der Waals surface area contributed by atoms with Crippen LogP contribution in [0.25, 0.3) is 0 Å². The Labute approximate surface area is 166 Å². The molecule has 2 aliphatic rings. The molecule has 1 amide bonds. The Morgan fingerprint density at radius 2 is 1.89 bits per heavy atom. The smallest absolute Gasteiger partial charge is 0.226 e. The zero-order chi connectivity index (χ0) is 19.2. The number of amides is 1. The highest BCUT2D eigenvalue weighted by Gasteiger charge is 2.35. The van der Waals surface area contributed by atoms with Gasteiger partial charge in [-0.1, -0.05) is 44.4 Å². The van der Waals surface area contributed by atoms with E-state index >= 15 is 0 Å². The summed E-state index contributed by atoms with van der Waals surface area (Å²) in [6.07, 6.45) is 8.14. The van der Waals surface area contributed by atoms with Gasteiger partial charge >= 0.3 is 0 Å². The summed E-state index contributed by atoms with van der Waals surface area (Å²) >= 11 is 1.81. The molecule has 0 aromatic heterocycles. The SMILES string of the molecule is COc1ccc(NC(=O)CC2C(C)SC(=NC3CCCCCC3)N2C)cc1. The first kappa shape index (κ1) is 20.1. The minimum absolute atomic E-state index is 0.0418. The number of aliphatic imine (C=N–C) groups is 1. The summed E-state index contributed by atoms with van der Waals surface area (Å²) in [5.74, 6) is 0.827. The van der Waals surface area contributed by atoms with Crippen LogP contribution in [-0.4, -0.2) is 47.5 Å². The van der Waals surface area contributed by atoms with E-state index in [1.807, 2.05) is 36.0 Å². The molecule has 0 spiro atoms. The fourth-order valence-corrected chi connectivity index (χ4v) is 5.11. The third kappa shape index (κ3) is 5.41. The van der Waals surface area contributed by atoms with Crippen LogP contribution in [0.2, 0.25) is 0 Å². The number of amidine groups is 1. The van der Waals surface area contributed by atoms with E-state index in [9.17, 15) is 4.79 Å². The second-order valence-corrected chi connectivity index (χ2v) is 8.88. The normalized spacial score (nSPS) is 25.4. The molecular weight excluding hydrogens is 358 g/mol. The molecule has 2 atom stereocenters. The molecule has 1 aliphatic heterocycles. The molecule has 0 radical (unpaired) electrons. The van der Waals surface area contributed by atoms with Gasteiger partial charge in [-0.2, -0.15) is 0 Å². The summed E-state index contributed by atoms with van der Waals surface area (Å²) in [6, 6.07) is 8.08. The average Bonchev–Trinajstić information content (AvgIpc) is 2.85. The summed E-state index contributed by atoms with van der Waals surface area (Å²) < 4.78 is 5.16. The van der Waals surface area contributed by atoms with Crippen molar-refractivity contribution in [2.24, 2.45) is 4.99 Å². The first-order valence-electron chi connectivity index (χ1n) is 9.98. The number of carbonyl (C=O) groups is 1. The summed E-state index contributed by atoms with van der Waals surface area (Å²) in [4.78, 5) is 19.8. The van der Waals surface area contributed by atoms with Gasteiger partial charge < -0.3 is 15.0 Å². The first-order valence-corrected chi connectivity index (χ1v) is 10.9. The van der Waals surface area contributed by atoms with E-state index in [2.05, 4.69) is 24.2 Å². The monoisotopic (exact) mass is 389 g/mol. The Bertz CT molecular complexity index is 654. The van der Waals surface area contributed by atoms with Crippen LogP contribution in [0.15, 0.2) is 29.3 Å². The summed E-state index contributed by atoms with van der Waals surface area (Å²) in [5.41, 5.74) is 0.800. The van der Waals surface area contributed by atoms with Crippen molar-refractivity contribution in [2.45, 2.75) is 69.2 Å². The number of hydrogen-bond donors (Lipinski definition) is 1. The number of thioether (sulfide) groups is 1. The van der Waals surface area contributed by atoms with E-state index in [-0.39, 0.29) is 11.9 Å². The predicted molar refractivity (Wildman–Crippen MR) is 114 cm³/mol. The Kier molecular flexibility index (Phi) is 7.05. The molecule has 148 valence electrons. The van der Waals surface area contributed by atoms with Gasteiger partial charge in [-0.25, -0.2) is 0 Å². The lowest BCUT2D eigenvalue weighted by Gasteiger charge is -2.23. The average molecular weight is 390 g/mol. The number of methoxy groups -OCH3 is 1. The Morgan fingerprint density at radius 3 is 2.52 bits per heavy atom.